The third-order valence-corrected chi connectivity index (χ3v) is 1.88. The maximum Gasteiger partial charge on any atom is 0.146 e. The summed E-state index contributed by atoms with van der Waals surface area (Å²) < 4.78 is 13.1. The third-order valence-electron chi connectivity index (χ3n) is 1.88. The van der Waals surface area contributed by atoms with Crippen molar-refractivity contribution >= 4 is 0 Å². The van der Waals surface area contributed by atoms with E-state index in [9.17, 15) is 4.39 Å². The molecule has 1 rings (SSSR count). The second kappa shape index (κ2) is 4.89. The van der Waals surface area contributed by atoms with Crippen LogP contribution in [0.4, 0.5) is 4.39 Å². The zero-order chi connectivity index (χ0) is 9.68. The summed E-state index contributed by atoms with van der Waals surface area (Å²) in [5.74, 6) is -0.382. The first-order valence-corrected chi connectivity index (χ1v) is 4.21. The number of nitrogens with zero attached hydrogens (tertiary/aromatic N) is 1. The van der Waals surface area contributed by atoms with E-state index in [1.54, 1.807) is 6.07 Å². The van der Waals surface area contributed by atoms with Gasteiger partial charge < -0.3 is 10.8 Å². The van der Waals surface area contributed by atoms with Crippen molar-refractivity contribution < 1.29 is 9.50 Å². The van der Waals surface area contributed by atoms with Crippen LogP contribution in [0, 0.1) is 5.82 Å². The topological polar surface area (TPSA) is 59.1 Å². The highest BCUT2D eigenvalue weighted by Gasteiger charge is 2.09. The van der Waals surface area contributed by atoms with Gasteiger partial charge in [-0.3, -0.25) is 4.98 Å². The van der Waals surface area contributed by atoms with E-state index >= 15 is 0 Å². The van der Waals surface area contributed by atoms with Crippen LogP contribution in [0.1, 0.15) is 24.4 Å². The first-order chi connectivity index (χ1) is 6.25. The normalized spacial score (nSPS) is 12.8. The van der Waals surface area contributed by atoms with Gasteiger partial charge in [0.05, 0.1) is 6.20 Å². The fraction of sp³-hybridized carbons (Fsp3) is 0.444. The predicted molar refractivity (Wildman–Crippen MR) is 47.4 cm³/mol. The number of aliphatic hydroxyl groups excluding tert-OH is 1. The zero-order valence-corrected chi connectivity index (χ0v) is 7.28. The van der Waals surface area contributed by atoms with E-state index in [-0.39, 0.29) is 18.5 Å². The molecular formula is C9H13FN2O. The van der Waals surface area contributed by atoms with Crippen molar-refractivity contribution in [2.75, 3.05) is 6.61 Å². The summed E-state index contributed by atoms with van der Waals surface area (Å²) in [5, 5.41) is 8.57. The molecule has 0 aromatic carbocycles. The molecular weight excluding hydrogens is 171 g/mol. The van der Waals surface area contributed by atoms with E-state index in [2.05, 4.69) is 4.98 Å². The molecule has 0 aliphatic rings. The van der Waals surface area contributed by atoms with Gasteiger partial charge in [0.1, 0.15) is 5.82 Å². The van der Waals surface area contributed by atoms with Crippen molar-refractivity contribution in [1.82, 2.24) is 4.98 Å². The molecule has 1 atom stereocenters. The van der Waals surface area contributed by atoms with E-state index in [4.69, 9.17) is 10.8 Å². The van der Waals surface area contributed by atoms with E-state index < -0.39 is 0 Å². The molecule has 1 heterocycles. The van der Waals surface area contributed by atoms with E-state index in [0.29, 0.717) is 18.4 Å². The molecule has 1 aromatic heterocycles. The highest BCUT2D eigenvalue weighted by molar-refractivity contribution is 5.16. The van der Waals surface area contributed by atoms with Gasteiger partial charge in [0, 0.05) is 24.4 Å². The molecule has 0 fully saturated rings. The van der Waals surface area contributed by atoms with Gasteiger partial charge in [0.2, 0.25) is 0 Å². The largest absolute Gasteiger partial charge is 0.396 e. The van der Waals surface area contributed by atoms with Gasteiger partial charge in [-0.15, -0.1) is 0 Å². The summed E-state index contributed by atoms with van der Waals surface area (Å²) in [6, 6.07) is 1.22. The molecule has 3 N–H and O–H groups in total. The van der Waals surface area contributed by atoms with Crippen LogP contribution in [0.3, 0.4) is 0 Å². The van der Waals surface area contributed by atoms with Crippen LogP contribution >= 0.6 is 0 Å². The fourth-order valence-electron chi connectivity index (χ4n) is 1.15. The smallest absolute Gasteiger partial charge is 0.146 e. The number of rotatable bonds is 4. The Bertz CT molecular complexity index is 268. The van der Waals surface area contributed by atoms with Crippen LogP contribution < -0.4 is 5.73 Å². The number of aromatic nitrogens is 1. The van der Waals surface area contributed by atoms with Gasteiger partial charge in [-0.2, -0.15) is 0 Å². The third kappa shape index (κ3) is 2.75. The Morgan fingerprint density at radius 1 is 1.62 bits per heavy atom. The molecule has 0 radical (unpaired) electrons. The van der Waals surface area contributed by atoms with E-state index in [1.807, 2.05) is 0 Å². The lowest BCUT2D eigenvalue weighted by molar-refractivity contribution is 0.279. The number of halogens is 1. The first-order valence-electron chi connectivity index (χ1n) is 4.21. The number of pyridine rings is 1. The number of hydrogen-bond acceptors (Lipinski definition) is 3. The van der Waals surface area contributed by atoms with Crippen molar-refractivity contribution in [3.05, 3.63) is 29.8 Å². The molecule has 0 spiro atoms. The van der Waals surface area contributed by atoms with E-state index in [0.717, 1.165) is 6.20 Å². The molecule has 0 bridgehead atoms. The Morgan fingerprint density at radius 3 is 3.00 bits per heavy atom. The summed E-state index contributed by atoms with van der Waals surface area (Å²) in [5.41, 5.74) is 6.16. The SMILES string of the molecule is N[C@H](CCCO)c1ccncc1F. The second-order valence-electron chi connectivity index (χ2n) is 2.87. The van der Waals surface area contributed by atoms with Crippen molar-refractivity contribution in [1.29, 1.82) is 0 Å². The average molecular weight is 184 g/mol. The Kier molecular flexibility index (Phi) is 3.79. The van der Waals surface area contributed by atoms with Gasteiger partial charge in [0.25, 0.3) is 0 Å². The molecule has 0 aliphatic carbocycles. The first kappa shape index (κ1) is 10.1. The molecule has 0 unspecified atom stereocenters. The Hall–Kier alpha value is -1.00. The van der Waals surface area contributed by atoms with Crippen molar-refractivity contribution in [2.24, 2.45) is 5.73 Å². The quantitative estimate of drug-likeness (QED) is 0.733. The summed E-state index contributed by atoms with van der Waals surface area (Å²) >= 11 is 0. The molecule has 72 valence electrons. The lowest BCUT2D eigenvalue weighted by Crippen LogP contribution is -2.12. The van der Waals surface area contributed by atoms with Gasteiger partial charge >= 0.3 is 0 Å². The molecule has 0 aliphatic heterocycles. The Morgan fingerprint density at radius 2 is 2.38 bits per heavy atom. The average Bonchev–Trinajstić information content (AvgIpc) is 2.15. The van der Waals surface area contributed by atoms with Gasteiger partial charge in [-0.25, -0.2) is 4.39 Å². The summed E-state index contributed by atoms with van der Waals surface area (Å²) in [7, 11) is 0. The minimum absolute atomic E-state index is 0.0837. The molecule has 0 saturated heterocycles. The van der Waals surface area contributed by atoms with Crippen LogP contribution in [0.2, 0.25) is 0 Å². The van der Waals surface area contributed by atoms with E-state index in [1.165, 1.54) is 6.20 Å². The lowest BCUT2D eigenvalue weighted by atomic mass is 10.0. The Labute approximate surface area is 76.4 Å². The molecule has 1 aromatic rings. The second-order valence-corrected chi connectivity index (χ2v) is 2.87. The molecule has 13 heavy (non-hydrogen) atoms. The summed E-state index contributed by atoms with van der Waals surface area (Å²) in [6.07, 6.45) is 3.83. The van der Waals surface area contributed by atoms with Crippen molar-refractivity contribution in [2.45, 2.75) is 18.9 Å². The molecule has 0 amide bonds. The highest BCUT2D eigenvalue weighted by atomic mass is 19.1. The maximum absolute atomic E-state index is 13.1. The minimum Gasteiger partial charge on any atom is -0.396 e. The summed E-state index contributed by atoms with van der Waals surface area (Å²) in [4.78, 5) is 3.63. The van der Waals surface area contributed by atoms with Crippen LogP contribution in [0.25, 0.3) is 0 Å². The number of aliphatic hydroxyl groups is 1. The predicted octanol–water partition coefficient (Wildman–Crippen LogP) is 0.993. The van der Waals surface area contributed by atoms with Crippen molar-refractivity contribution in [3.63, 3.8) is 0 Å². The minimum atomic E-state index is -0.382. The number of hydrogen-bond donors (Lipinski definition) is 2. The highest BCUT2D eigenvalue weighted by Crippen LogP contribution is 2.17. The van der Waals surface area contributed by atoms with Crippen LogP contribution in [-0.4, -0.2) is 16.7 Å². The molecule has 4 heteroatoms. The summed E-state index contributed by atoms with van der Waals surface area (Å²) in [6.45, 7) is 0.0837. The van der Waals surface area contributed by atoms with Gasteiger partial charge in [0.15, 0.2) is 0 Å². The van der Waals surface area contributed by atoms with Gasteiger partial charge in [-0.05, 0) is 18.9 Å². The number of nitrogens with two attached hydrogens (primary N) is 1. The monoisotopic (exact) mass is 184 g/mol. The van der Waals surface area contributed by atoms with Crippen LogP contribution in [-0.2, 0) is 0 Å². The standard InChI is InChI=1S/C9H13FN2O/c10-8-6-12-4-3-7(8)9(11)2-1-5-13/h3-4,6,9,13H,1-2,5,11H2/t9-/m1/s1. The van der Waals surface area contributed by atoms with Gasteiger partial charge in [-0.1, -0.05) is 0 Å². The maximum atomic E-state index is 13.1. The van der Waals surface area contributed by atoms with Crippen LogP contribution in [0.15, 0.2) is 18.5 Å². The Balaban J connectivity index is 2.65. The fourth-order valence-corrected chi connectivity index (χ4v) is 1.15. The molecule has 0 saturated carbocycles. The lowest BCUT2D eigenvalue weighted by Gasteiger charge is -2.11. The van der Waals surface area contributed by atoms with Crippen molar-refractivity contribution in [3.8, 4) is 0 Å². The zero-order valence-electron chi connectivity index (χ0n) is 7.28. The van der Waals surface area contributed by atoms with Crippen LogP contribution in [0.5, 0.6) is 0 Å². The molecule has 3 nitrogen and oxygen atoms in total.